The first-order valence-corrected chi connectivity index (χ1v) is 11.8. The number of carbonyl (C=O) groups is 1. The van der Waals surface area contributed by atoms with E-state index in [-0.39, 0.29) is 23.0 Å². The minimum atomic E-state index is -0.949. The second-order valence-corrected chi connectivity index (χ2v) is 9.13. The molecule has 0 saturated heterocycles. The Bertz CT molecular complexity index is 1470. The van der Waals surface area contributed by atoms with Gasteiger partial charge in [-0.2, -0.15) is 0 Å². The van der Waals surface area contributed by atoms with Crippen LogP contribution < -0.4 is 15.5 Å². The van der Waals surface area contributed by atoms with E-state index in [2.05, 4.69) is 17.2 Å². The minimum Gasteiger partial charge on any atom is -0.481 e. The van der Waals surface area contributed by atoms with Gasteiger partial charge in [0.25, 0.3) is 0 Å². The lowest BCUT2D eigenvalue weighted by Gasteiger charge is -2.21. The lowest BCUT2D eigenvalue weighted by atomic mass is 9.94. The summed E-state index contributed by atoms with van der Waals surface area (Å²) in [5.74, 6) is 0.0000199. The van der Waals surface area contributed by atoms with Gasteiger partial charge in [0.2, 0.25) is 5.88 Å². The van der Waals surface area contributed by atoms with Crippen LogP contribution in [0.1, 0.15) is 58.4 Å². The van der Waals surface area contributed by atoms with E-state index in [1.807, 2.05) is 44.2 Å². The number of nitrogens with one attached hydrogen (secondary N) is 1. The lowest BCUT2D eigenvalue weighted by molar-refractivity contribution is 0.0695. The van der Waals surface area contributed by atoms with Crippen LogP contribution in [0.15, 0.2) is 63.9 Å². The van der Waals surface area contributed by atoms with E-state index in [9.17, 15) is 14.7 Å². The van der Waals surface area contributed by atoms with Gasteiger partial charge in [-0.25, -0.2) is 9.78 Å². The number of methoxy groups -OCH3 is 1. The fraction of sp³-hybridized carbons (Fsp3) is 0.276. The minimum absolute atomic E-state index is 0.0143. The van der Waals surface area contributed by atoms with Gasteiger partial charge in [-0.3, -0.25) is 4.79 Å². The summed E-state index contributed by atoms with van der Waals surface area (Å²) >= 11 is 0. The quantitative estimate of drug-likeness (QED) is 0.333. The summed E-state index contributed by atoms with van der Waals surface area (Å²) in [5, 5.41) is 13.5. The molecule has 4 rings (SSSR count). The molecule has 0 fully saturated rings. The number of aromatic nitrogens is 1. The highest BCUT2D eigenvalue weighted by molar-refractivity contribution is 5.89. The van der Waals surface area contributed by atoms with Crippen LogP contribution in [0.2, 0.25) is 0 Å². The Morgan fingerprint density at radius 1 is 1.11 bits per heavy atom. The predicted molar refractivity (Wildman–Crippen MR) is 140 cm³/mol. The van der Waals surface area contributed by atoms with Crippen molar-refractivity contribution >= 4 is 16.9 Å². The molecular weight excluding hydrogens is 456 g/mol. The molecular formula is C29H30N2O5. The van der Waals surface area contributed by atoms with E-state index in [0.717, 1.165) is 16.7 Å². The molecule has 0 aliphatic carbocycles. The molecule has 7 nitrogen and oxygen atoms in total. The summed E-state index contributed by atoms with van der Waals surface area (Å²) in [6.07, 6.45) is 1.64. The number of carboxylic acid groups (broad SMARTS) is 1. The van der Waals surface area contributed by atoms with Crippen LogP contribution in [0.3, 0.4) is 0 Å². The molecule has 36 heavy (non-hydrogen) atoms. The zero-order valence-corrected chi connectivity index (χ0v) is 21.1. The first-order chi connectivity index (χ1) is 17.2. The van der Waals surface area contributed by atoms with E-state index < -0.39 is 5.97 Å². The molecule has 0 bridgehead atoms. The number of nitrogens with zero attached hydrogens (tertiary/aromatic N) is 1. The maximum absolute atomic E-state index is 13.3. The SMILES string of the molecule is COc1ccc(-c2oc3c(C(C)CNC(C)c4ccccc4C(=O)O)cc(C)cc3c(=O)c2C)cn1. The molecule has 2 unspecified atom stereocenters. The maximum Gasteiger partial charge on any atom is 0.336 e. The Labute approximate surface area is 209 Å². The van der Waals surface area contributed by atoms with E-state index in [1.165, 1.54) is 0 Å². The summed E-state index contributed by atoms with van der Waals surface area (Å²) in [5.41, 5.74) is 4.59. The van der Waals surface area contributed by atoms with Crippen LogP contribution >= 0.6 is 0 Å². The maximum atomic E-state index is 13.3. The van der Waals surface area contributed by atoms with E-state index in [0.29, 0.717) is 40.3 Å². The number of aromatic carboxylic acids is 1. The monoisotopic (exact) mass is 486 g/mol. The lowest BCUT2D eigenvalue weighted by Crippen LogP contribution is -2.25. The highest BCUT2D eigenvalue weighted by Crippen LogP contribution is 2.32. The molecule has 2 aromatic carbocycles. The topological polar surface area (TPSA) is 102 Å². The third-order valence-electron chi connectivity index (χ3n) is 6.52. The average molecular weight is 487 g/mol. The Kier molecular flexibility index (Phi) is 7.22. The third kappa shape index (κ3) is 4.88. The Hall–Kier alpha value is -3.97. The molecule has 0 aliphatic rings. The van der Waals surface area contributed by atoms with Crippen LogP contribution in [0, 0.1) is 13.8 Å². The van der Waals surface area contributed by atoms with Gasteiger partial charge < -0.3 is 19.6 Å². The van der Waals surface area contributed by atoms with Gasteiger partial charge in [0.1, 0.15) is 11.3 Å². The highest BCUT2D eigenvalue weighted by Gasteiger charge is 2.21. The van der Waals surface area contributed by atoms with Crippen LogP contribution in [0.25, 0.3) is 22.3 Å². The van der Waals surface area contributed by atoms with Crippen LogP contribution in [0.5, 0.6) is 5.88 Å². The van der Waals surface area contributed by atoms with Gasteiger partial charge in [-0.05, 0) is 61.6 Å². The number of ether oxygens (including phenoxy) is 1. The number of carboxylic acids is 1. The van der Waals surface area contributed by atoms with Crippen molar-refractivity contribution in [2.45, 2.75) is 39.7 Å². The smallest absolute Gasteiger partial charge is 0.336 e. The van der Waals surface area contributed by atoms with Gasteiger partial charge in [-0.15, -0.1) is 0 Å². The van der Waals surface area contributed by atoms with E-state index in [4.69, 9.17) is 9.15 Å². The summed E-state index contributed by atoms with van der Waals surface area (Å²) < 4.78 is 11.5. The summed E-state index contributed by atoms with van der Waals surface area (Å²) in [7, 11) is 1.55. The first-order valence-electron chi connectivity index (χ1n) is 11.8. The molecule has 0 saturated carbocycles. The van der Waals surface area contributed by atoms with Crippen molar-refractivity contribution in [3.8, 4) is 17.2 Å². The van der Waals surface area contributed by atoms with Gasteiger partial charge in [0.05, 0.1) is 18.1 Å². The summed E-state index contributed by atoms with van der Waals surface area (Å²) in [4.78, 5) is 29.2. The Morgan fingerprint density at radius 3 is 2.53 bits per heavy atom. The number of pyridine rings is 1. The number of aryl methyl sites for hydroxylation is 1. The standard InChI is InChI=1S/C29H30N2O5/c1-16-12-23(17(2)14-30-19(4)21-8-6-7-9-22(21)29(33)34)28-24(13-16)26(32)18(3)27(36-28)20-10-11-25(35-5)31-15-20/h6-13,15,17,19,30H,14H2,1-5H3,(H,33,34). The number of rotatable bonds is 8. The van der Waals surface area contributed by atoms with E-state index >= 15 is 0 Å². The summed E-state index contributed by atoms with van der Waals surface area (Å²) in [6, 6.07) is 14.3. The van der Waals surface area contributed by atoms with Crippen molar-refractivity contribution in [2.24, 2.45) is 0 Å². The number of fused-ring (bicyclic) bond motifs is 1. The second kappa shape index (κ2) is 10.3. The molecule has 186 valence electrons. The van der Waals surface area contributed by atoms with Crippen molar-refractivity contribution in [2.75, 3.05) is 13.7 Å². The Morgan fingerprint density at radius 2 is 1.86 bits per heavy atom. The van der Waals surface area contributed by atoms with Crippen molar-refractivity contribution in [3.63, 3.8) is 0 Å². The summed E-state index contributed by atoms with van der Waals surface area (Å²) in [6.45, 7) is 8.29. The van der Waals surface area contributed by atoms with Gasteiger partial charge >= 0.3 is 5.97 Å². The fourth-order valence-corrected chi connectivity index (χ4v) is 4.49. The van der Waals surface area contributed by atoms with Gasteiger partial charge in [-0.1, -0.05) is 31.2 Å². The molecule has 2 heterocycles. The zero-order chi connectivity index (χ0) is 26.0. The Balaban J connectivity index is 1.71. The molecule has 2 atom stereocenters. The zero-order valence-electron chi connectivity index (χ0n) is 21.1. The molecule has 4 aromatic rings. The van der Waals surface area contributed by atoms with Crippen molar-refractivity contribution in [3.05, 3.63) is 92.8 Å². The second-order valence-electron chi connectivity index (χ2n) is 9.13. The largest absolute Gasteiger partial charge is 0.481 e. The van der Waals surface area contributed by atoms with Crippen molar-refractivity contribution in [1.82, 2.24) is 10.3 Å². The van der Waals surface area contributed by atoms with Crippen molar-refractivity contribution in [1.29, 1.82) is 0 Å². The molecule has 0 aliphatic heterocycles. The number of hydrogen-bond donors (Lipinski definition) is 2. The highest BCUT2D eigenvalue weighted by atomic mass is 16.5. The van der Waals surface area contributed by atoms with Crippen molar-refractivity contribution < 1.29 is 19.1 Å². The van der Waals surface area contributed by atoms with E-state index in [1.54, 1.807) is 38.4 Å². The molecule has 0 radical (unpaired) electrons. The van der Waals surface area contributed by atoms with Crippen LogP contribution in [0.4, 0.5) is 0 Å². The normalized spacial score (nSPS) is 12.9. The van der Waals surface area contributed by atoms with Gasteiger partial charge in [0, 0.05) is 36.0 Å². The number of hydrogen-bond acceptors (Lipinski definition) is 6. The predicted octanol–water partition coefficient (Wildman–Crippen LogP) is 5.63. The molecule has 2 aromatic heterocycles. The molecule has 2 N–H and O–H groups in total. The first kappa shape index (κ1) is 25.1. The van der Waals surface area contributed by atoms with Crippen LogP contribution in [-0.4, -0.2) is 29.7 Å². The number of benzene rings is 2. The molecule has 0 spiro atoms. The fourth-order valence-electron chi connectivity index (χ4n) is 4.49. The molecule has 0 amide bonds. The molecule has 7 heteroatoms. The van der Waals surface area contributed by atoms with Gasteiger partial charge in [0.15, 0.2) is 5.43 Å². The average Bonchev–Trinajstić information content (AvgIpc) is 2.89. The third-order valence-corrected chi connectivity index (χ3v) is 6.52. The van der Waals surface area contributed by atoms with Crippen LogP contribution in [-0.2, 0) is 0 Å².